The summed E-state index contributed by atoms with van der Waals surface area (Å²) in [5.74, 6) is 1.88. The molecule has 0 aliphatic heterocycles. The van der Waals surface area contributed by atoms with Crippen LogP contribution in [0, 0.1) is 6.92 Å². The molecule has 0 aromatic carbocycles. The minimum Gasteiger partial charge on any atom is -0.465 e. The molecule has 0 bridgehead atoms. The molecule has 0 aliphatic rings. The molecule has 6 heteroatoms. The van der Waals surface area contributed by atoms with E-state index in [1.807, 2.05) is 62.1 Å². The second kappa shape index (κ2) is 8.08. The Balaban J connectivity index is 1.74. The van der Waals surface area contributed by atoms with Gasteiger partial charge in [-0.1, -0.05) is 17.8 Å². The monoisotopic (exact) mass is 340 g/mol. The topological polar surface area (TPSA) is 55.1 Å². The molecular formula is C18H20N4OS. The molecule has 3 heterocycles. The van der Waals surface area contributed by atoms with Crippen molar-refractivity contribution in [3.63, 3.8) is 0 Å². The Morgan fingerprint density at radius 2 is 1.83 bits per heavy atom. The smallest absolute Gasteiger partial charge is 0.187 e. The standard InChI is InChI=1S/C18H20N4OS/c1-14-6-7-17(23-14)13-22(12-16-5-3-4-8-19-16)11-15-9-20-18(24-2)21-10-15/h3-10H,11-13H2,1-2H3. The first kappa shape index (κ1) is 16.7. The summed E-state index contributed by atoms with van der Waals surface area (Å²) in [6, 6.07) is 9.99. The van der Waals surface area contributed by atoms with Crippen LogP contribution in [0.3, 0.4) is 0 Å². The zero-order valence-electron chi connectivity index (χ0n) is 13.8. The Hall–Kier alpha value is -2.18. The highest BCUT2D eigenvalue weighted by atomic mass is 32.2. The quantitative estimate of drug-likeness (QED) is 0.483. The van der Waals surface area contributed by atoms with E-state index in [9.17, 15) is 0 Å². The Kier molecular flexibility index (Phi) is 5.61. The summed E-state index contributed by atoms with van der Waals surface area (Å²) < 4.78 is 5.73. The zero-order valence-corrected chi connectivity index (χ0v) is 14.7. The fourth-order valence-electron chi connectivity index (χ4n) is 2.47. The van der Waals surface area contributed by atoms with Gasteiger partial charge in [0.15, 0.2) is 5.16 Å². The largest absolute Gasteiger partial charge is 0.465 e. The van der Waals surface area contributed by atoms with Crippen molar-refractivity contribution < 1.29 is 4.42 Å². The summed E-state index contributed by atoms with van der Waals surface area (Å²) in [6.45, 7) is 4.16. The predicted octanol–water partition coefficient (Wildman–Crippen LogP) is 3.70. The van der Waals surface area contributed by atoms with Crippen LogP contribution >= 0.6 is 11.8 Å². The van der Waals surface area contributed by atoms with E-state index in [2.05, 4.69) is 19.9 Å². The maximum atomic E-state index is 5.73. The fraction of sp³-hybridized carbons (Fsp3) is 0.278. The molecular weight excluding hydrogens is 320 g/mol. The maximum Gasteiger partial charge on any atom is 0.187 e. The van der Waals surface area contributed by atoms with Gasteiger partial charge in [-0.15, -0.1) is 0 Å². The average Bonchev–Trinajstić information content (AvgIpc) is 3.01. The lowest BCUT2D eigenvalue weighted by atomic mass is 10.2. The van der Waals surface area contributed by atoms with Gasteiger partial charge in [-0.3, -0.25) is 9.88 Å². The highest BCUT2D eigenvalue weighted by Gasteiger charge is 2.12. The molecule has 124 valence electrons. The van der Waals surface area contributed by atoms with Crippen molar-refractivity contribution in [2.75, 3.05) is 6.26 Å². The lowest BCUT2D eigenvalue weighted by Crippen LogP contribution is -2.23. The van der Waals surface area contributed by atoms with E-state index >= 15 is 0 Å². The summed E-state index contributed by atoms with van der Waals surface area (Å²) in [5, 5.41) is 0.789. The SMILES string of the molecule is CSc1ncc(CN(Cc2ccccn2)Cc2ccc(C)o2)cn1. The van der Waals surface area contributed by atoms with E-state index in [1.54, 1.807) is 11.8 Å². The van der Waals surface area contributed by atoms with E-state index in [-0.39, 0.29) is 0 Å². The third-order valence-corrected chi connectivity index (χ3v) is 4.13. The van der Waals surface area contributed by atoms with E-state index in [4.69, 9.17) is 4.42 Å². The predicted molar refractivity (Wildman–Crippen MR) is 94.4 cm³/mol. The number of thioether (sulfide) groups is 1. The summed E-state index contributed by atoms with van der Waals surface area (Å²) in [6.07, 6.45) is 7.57. The molecule has 5 nitrogen and oxygen atoms in total. The number of aromatic nitrogens is 3. The number of rotatable bonds is 7. The summed E-state index contributed by atoms with van der Waals surface area (Å²) in [7, 11) is 0. The van der Waals surface area contributed by atoms with E-state index in [0.29, 0.717) is 6.54 Å². The van der Waals surface area contributed by atoms with Gasteiger partial charge in [-0.25, -0.2) is 9.97 Å². The molecule has 24 heavy (non-hydrogen) atoms. The molecule has 0 amide bonds. The van der Waals surface area contributed by atoms with Crippen molar-refractivity contribution in [1.29, 1.82) is 0 Å². The second-order valence-corrected chi connectivity index (χ2v) is 6.33. The van der Waals surface area contributed by atoms with Gasteiger partial charge in [0.25, 0.3) is 0 Å². The molecule has 0 aliphatic carbocycles. The number of pyridine rings is 1. The van der Waals surface area contributed by atoms with Gasteiger partial charge in [0.05, 0.1) is 12.2 Å². The molecule has 0 saturated carbocycles. The minimum absolute atomic E-state index is 0.717. The Bertz CT molecular complexity index is 758. The maximum absolute atomic E-state index is 5.73. The molecule has 0 N–H and O–H groups in total. The number of furan rings is 1. The Morgan fingerprint density at radius 3 is 2.46 bits per heavy atom. The molecule has 0 spiro atoms. The van der Waals surface area contributed by atoms with E-state index in [1.165, 1.54) is 0 Å². The van der Waals surface area contributed by atoms with Crippen molar-refractivity contribution >= 4 is 11.8 Å². The summed E-state index contributed by atoms with van der Waals surface area (Å²) >= 11 is 1.54. The molecule has 0 fully saturated rings. The van der Waals surface area contributed by atoms with Gasteiger partial charge in [0.1, 0.15) is 11.5 Å². The lowest BCUT2D eigenvalue weighted by molar-refractivity contribution is 0.222. The Labute approximate surface area is 146 Å². The highest BCUT2D eigenvalue weighted by Crippen LogP contribution is 2.15. The van der Waals surface area contributed by atoms with Crippen LogP contribution in [-0.2, 0) is 19.6 Å². The fourth-order valence-corrected chi connectivity index (χ4v) is 2.78. The van der Waals surface area contributed by atoms with Crippen LogP contribution in [0.1, 0.15) is 22.8 Å². The number of hydrogen-bond acceptors (Lipinski definition) is 6. The molecule has 3 aromatic heterocycles. The van der Waals surface area contributed by atoms with Crippen LogP contribution in [0.5, 0.6) is 0 Å². The van der Waals surface area contributed by atoms with Crippen molar-refractivity contribution in [3.05, 3.63) is 71.7 Å². The van der Waals surface area contributed by atoms with Crippen molar-refractivity contribution in [2.45, 2.75) is 31.7 Å². The minimum atomic E-state index is 0.717. The van der Waals surface area contributed by atoms with Crippen molar-refractivity contribution in [3.8, 4) is 0 Å². The first-order valence-electron chi connectivity index (χ1n) is 7.75. The molecule has 0 unspecified atom stereocenters. The van der Waals surface area contributed by atoms with E-state index < -0.39 is 0 Å². The molecule has 3 rings (SSSR count). The van der Waals surface area contributed by atoms with Crippen molar-refractivity contribution in [2.24, 2.45) is 0 Å². The first-order valence-corrected chi connectivity index (χ1v) is 8.98. The van der Waals surface area contributed by atoms with Gasteiger partial charge in [0, 0.05) is 37.2 Å². The van der Waals surface area contributed by atoms with Crippen LogP contribution in [-0.4, -0.2) is 26.1 Å². The number of hydrogen-bond donors (Lipinski definition) is 0. The second-order valence-electron chi connectivity index (χ2n) is 5.56. The van der Waals surface area contributed by atoms with Gasteiger partial charge in [-0.2, -0.15) is 0 Å². The zero-order chi connectivity index (χ0) is 16.8. The van der Waals surface area contributed by atoms with Gasteiger partial charge in [0.2, 0.25) is 0 Å². The average molecular weight is 340 g/mol. The third-order valence-electron chi connectivity index (χ3n) is 3.56. The first-order chi connectivity index (χ1) is 11.7. The summed E-state index contributed by atoms with van der Waals surface area (Å²) in [4.78, 5) is 15.4. The van der Waals surface area contributed by atoms with Gasteiger partial charge >= 0.3 is 0 Å². The van der Waals surface area contributed by atoms with Crippen LogP contribution in [0.15, 0.2) is 58.5 Å². The number of nitrogens with zero attached hydrogens (tertiary/aromatic N) is 4. The van der Waals surface area contributed by atoms with Crippen LogP contribution in [0.2, 0.25) is 0 Å². The molecule has 0 saturated heterocycles. The molecule has 3 aromatic rings. The van der Waals surface area contributed by atoms with Crippen LogP contribution < -0.4 is 0 Å². The van der Waals surface area contributed by atoms with Crippen LogP contribution in [0.25, 0.3) is 0 Å². The van der Waals surface area contributed by atoms with Gasteiger partial charge < -0.3 is 4.42 Å². The van der Waals surface area contributed by atoms with Crippen LogP contribution in [0.4, 0.5) is 0 Å². The summed E-state index contributed by atoms with van der Waals surface area (Å²) in [5.41, 5.74) is 2.11. The normalized spacial score (nSPS) is 11.1. The third kappa shape index (κ3) is 4.66. The van der Waals surface area contributed by atoms with Crippen molar-refractivity contribution in [1.82, 2.24) is 19.9 Å². The Morgan fingerprint density at radius 1 is 1.00 bits per heavy atom. The highest BCUT2D eigenvalue weighted by molar-refractivity contribution is 7.98. The van der Waals surface area contributed by atoms with E-state index in [0.717, 1.165) is 41.0 Å². The number of aryl methyl sites for hydroxylation is 1. The molecule has 0 radical (unpaired) electrons. The van der Waals surface area contributed by atoms with Gasteiger partial charge in [-0.05, 0) is 37.4 Å². The molecule has 0 atom stereocenters. The lowest BCUT2D eigenvalue weighted by Gasteiger charge is -2.20.